The maximum atomic E-state index is 2.56. The van der Waals surface area contributed by atoms with Gasteiger partial charge in [-0.15, -0.1) is 12.4 Å². The molecule has 0 bridgehead atoms. The van der Waals surface area contributed by atoms with Crippen LogP contribution in [0.2, 0.25) is 0 Å². The molecule has 0 N–H and O–H groups in total. The van der Waals surface area contributed by atoms with E-state index in [2.05, 4.69) is 48.2 Å². The van der Waals surface area contributed by atoms with E-state index in [1.807, 2.05) is 0 Å². The summed E-state index contributed by atoms with van der Waals surface area (Å²) in [5.74, 6) is 0. The quantitative estimate of drug-likeness (QED) is 0.818. The third-order valence-corrected chi connectivity index (χ3v) is 3.31. The molecular formula is C14H23ClN2. The number of halogens is 1. The van der Waals surface area contributed by atoms with Gasteiger partial charge < -0.3 is 4.90 Å². The monoisotopic (exact) mass is 254 g/mol. The van der Waals surface area contributed by atoms with Gasteiger partial charge in [-0.2, -0.15) is 0 Å². The standard InChI is InChI=1S/C14H22N2.ClH/c1-15(2)14-8-6-13(7-9-14)12-16-10-4-3-5-11-16;/h6-9H,3-5,10-12H2,1-2H3;1H. The summed E-state index contributed by atoms with van der Waals surface area (Å²) in [6.45, 7) is 3.67. The number of rotatable bonds is 3. The van der Waals surface area contributed by atoms with Crippen molar-refractivity contribution in [1.29, 1.82) is 0 Å². The molecule has 1 aromatic carbocycles. The fourth-order valence-electron chi connectivity index (χ4n) is 2.28. The zero-order chi connectivity index (χ0) is 11.4. The van der Waals surface area contributed by atoms with Gasteiger partial charge in [0.2, 0.25) is 0 Å². The molecular weight excluding hydrogens is 232 g/mol. The van der Waals surface area contributed by atoms with Crippen LogP contribution in [0.15, 0.2) is 24.3 Å². The fourth-order valence-corrected chi connectivity index (χ4v) is 2.28. The van der Waals surface area contributed by atoms with Crippen molar-refractivity contribution in [2.75, 3.05) is 32.1 Å². The van der Waals surface area contributed by atoms with Gasteiger partial charge in [-0.05, 0) is 43.6 Å². The first kappa shape index (κ1) is 14.3. The molecule has 0 spiro atoms. The lowest BCUT2D eigenvalue weighted by Crippen LogP contribution is -2.29. The van der Waals surface area contributed by atoms with E-state index >= 15 is 0 Å². The van der Waals surface area contributed by atoms with Crippen molar-refractivity contribution in [3.8, 4) is 0 Å². The molecule has 1 fully saturated rings. The summed E-state index contributed by atoms with van der Waals surface area (Å²) < 4.78 is 0. The summed E-state index contributed by atoms with van der Waals surface area (Å²) in [5, 5.41) is 0. The highest BCUT2D eigenvalue weighted by Crippen LogP contribution is 2.16. The van der Waals surface area contributed by atoms with Crippen LogP contribution in [-0.2, 0) is 6.54 Å². The highest BCUT2D eigenvalue weighted by molar-refractivity contribution is 5.85. The molecule has 0 aromatic heterocycles. The van der Waals surface area contributed by atoms with E-state index in [1.54, 1.807) is 0 Å². The minimum atomic E-state index is 0. The second-order valence-corrected chi connectivity index (χ2v) is 4.90. The Kier molecular flexibility index (Phi) is 5.79. The van der Waals surface area contributed by atoms with E-state index in [9.17, 15) is 0 Å². The zero-order valence-electron chi connectivity index (χ0n) is 10.9. The lowest BCUT2D eigenvalue weighted by molar-refractivity contribution is 0.221. The molecule has 3 heteroatoms. The molecule has 0 amide bonds. The number of likely N-dealkylation sites (tertiary alicyclic amines) is 1. The molecule has 0 saturated carbocycles. The van der Waals surface area contributed by atoms with Gasteiger partial charge >= 0.3 is 0 Å². The van der Waals surface area contributed by atoms with Gasteiger partial charge in [-0.3, -0.25) is 4.90 Å². The average Bonchev–Trinajstić information content (AvgIpc) is 2.31. The molecule has 1 aliphatic heterocycles. The molecule has 0 atom stereocenters. The van der Waals surface area contributed by atoms with Gasteiger partial charge in [0, 0.05) is 26.3 Å². The van der Waals surface area contributed by atoms with E-state index in [0.29, 0.717) is 0 Å². The lowest BCUT2D eigenvalue weighted by Gasteiger charge is -2.26. The van der Waals surface area contributed by atoms with Crippen LogP contribution in [-0.4, -0.2) is 32.1 Å². The van der Waals surface area contributed by atoms with Crippen molar-refractivity contribution in [2.45, 2.75) is 25.8 Å². The van der Waals surface area contributed by atoms with E-state index in [1.165, 1.54) is 43.6 Å². The maximum absolute atomic E-state index is 2.56. The summed E-state index contributed by atoms with van der Waals surface area (Å²) in [6, 6.07) is 8.92. The van der Waals surface area contributed by atoms with Gasteiger partial charge in [0.05, 0.1) is 0 Å². The van der Waals surface area contributed by atoms with Crippen LogP contribution in [0.1, 0.15) is 24.8 Å². The Morgan fingerprint density at radius 1 is 1.00 bits per heavy atom. The number of hydrogen-bond donors (Lipinski definition) is 0. The smallest absolute Gasteiger partial charge is 0.0361 e. The van der Waals surface area contributed by atoms with Gasteiger partial charge in [0.15, 0.2) is 0 Å². The first-order valence-electron chi connectivity index (χ1n) is 6.24. The SMILES string of the molecule is CN(C)c1ccc(CN2CCCCC2)cc1.Cl. The van der Waals surface area contributed by atoms with Gasteiger partial charge in [0.25, 0.3) is 0 Å². The number of piperidine rings is 1. The zero-order valence-corrected chi connectivity index (χ0v) is 11.7. The highest BCUT2D eigenvalue weighted by Gasteiger charge is 2.10. The molecule has 1 saturated heterocycles. The maximum Gasteiger partial charge on any atom is 0.0361 e. The highest BCUT2D eigenvalue weighted by atomic mass is 35.5. The van der Waals surface area contributed by atoms with Crippen LogP contribution in [0.3, 0.4) is 0 Å². The molecule has 0 unspecified atom stereocenters. The van der Waals surface area contributed by atoms with Gasteiger partial charge in [0.1, 0.15) is 0 Å². The lowest BCUT2D eigenvalue weighted by atomic mass is 10.1. The Balaban J connectivity index is 0.00000144. The van der Waals surface area contributed by atoms with E-state index in [0.717, 1.165) is 6.54 Å². The molecule has 0 radical (unpaired) electrons. The molecule has 0 aliphatic carbocycles. The van der Waals surface area contributed by atoms with E-state index in [4.69, 9.17) is 0 Å². The second-order valence-electron chi connectivity index (χ2n) is 4.90. The largest absolute Gasteiger partial charge is 0.378 e. The van der Waals surface area contributed by atoms with Crippen LogP contribution >= 0.6 is 12.4 Å². The Morgan fingerprint density at radius 3 is 2.12 bits per heavy atom. The Labute approximate surface area is 111 Å². The minimum Gasteiger partial charge on any atom is -0.378 e. The van der Waals surface area contributed by atoms with Crippen LogP contribution in [0.5, 0.6) is 0 Å². The summed E-state index contributed by atoms with van der Waals surface area (Å²) in [4.78, 5) is 4.71. The van der Waals surface area contributed by atoms with Crippen molar-refractivity contribution in [3.63, 3.8) is 0 Å². The number of hydrogen-bond acceptors (Lipinski definition) is 2. The van der Waals surface area contributed by atoms with Crippen molar-refractivity contribution >= 4 is 18.1 Å². The molecule has 2 rings (SSSR count). The number of benzene rings is 1. The number of anilines is 1. The van der Waals surface area contributed by atoms with Crippen molar-refractivity contribution in [2.24, 2.45) is 0 Å². The third-order valence-electron chi connectivity index (χ3n) is 3.31. The minimum absolute atomic E-state index is 0. The van der Waals surface area contributed by atoms with Gasteiger partial charge in [-0.25, -0.2) is 0 Å². The van der Waals surface area contributed by atoms with Crippen LogP contribution in [0, 0.1) is 0 Å². The fraction of sp³-hybridized carbons (Fsp3) is 0.571. The average molecular weight is 255 g/mol. The van der Waals surface area contributed by atoms with Crippen molar-refractivity contribution < 1.29 is 0 Å². The third kappa shape index (κ3) is 4.21. The van der Waals surface area contributed by atoms with Gasteiger partial charge in [-0.1, -0.05) is 18.6 Å². The molecule has 2 nitrogen and oxygen atoms in total. The molecule has 1 heterocycles. The summed E-state index contributed by atoms with van der Waals surface area (Å²) in [6.07, 6.45) is 4.15. The van der Waals surface area contributed by atoms with Crippen LogP contribution < -0.4 is 4.90 Å². The molecule has 1 aliphatic rings. The predicted molar refractivity (Wildman–Crippen MR) is 77.1 cm³/mol. The Morgan fingerprint density at radius 2 is 1.59 bits per heavy atom. The summed E-state index contributed by atoms with van der Waals surface area (Å²) in [7, 11) is 4.17. The predicted octanol–water partition coefficient (Wildman–Crippen LogP) is 3.16. The first-order valence-corrected chi connectivity index (χ1v) is 6.24. The van der Waals surface area contributed by atoms with Crippen LogP contribution in [0.25, 0.3) is 0 Å². The molecule has 1 aromatic rings. The Bertz CT molecular complexity index is 315. The second kappa shape index (κ2) is 6.87. The van der Waals surface area contributed by atoms with Crippen molar-refractivity contribution in [1.82, 2.24) is 4.90 Å². The normalized spacial score (nSPS) is 16.4. The summed E-state index contributed by atoms with van der Waals surface area (Å²) >= 11 is 0. The summed E-state index contributed by atoms with van der Waals surface area (Å²) in [5.41, 5.74) is 2.72. The molecule has 96 valence electrons. The van der Waals surface area contributed by atoms with E-state index < -0.39 is 0 Å². The van der Waals surface area contributed by atoms with Crippen LogP contribution in [0.4, 0.5) is 5.69 Å². The molecule has 17 heavy (non-hydrogen) atoms. The first-order chi connectivity index (χ1) is 7.75. The van der Waals surface area contributed by atoms with Crippen molar-refractivity contribution in [3.05, 3.63) is 29.8 Å². The number of nitrogens with zero attached hydrogens (tertiary/aromatic N) is 2. The topological polar surface area (TPSA) is 6.48 Å². The van der Waals surface area contributed by atoms with E-state index in [-0.39, 0.29) is 12.4 Å². The Hall–Kier alpha value is -0.730.